The second-order valence-corrected chi connectivity index (χ2v) is 6.99. The van der Waals surface area contributed by atoms with Gasteiger partial charge in [-0.25, -0.2) is 8.42 Å². The first kappa shape index (κ1) is 16.0. The number of hydrogen-bond donors (Lipinski definition) is 2. The summed E-state index contributed by atoms with van der Waals surface area (Å²) in [4.78, 5) is 0. The van der Waals surface area contributed by atoms with E-state index < -0.39 is 9.84 Å². The summed E-state index contributed by atoms with van der Waals surface area (Å²) in [5.74, 6) is 5.75. The van der Waals surface area contributed by atoms with E-state index in [4.69, 9.17) is 5.84 Å². The van der Waals surface area contributed by atoms with Crippen molar-refractivity contribution in [1.82, 2.24) is 15.6 Å². The second kappa shape index (κ2) is 6.93. The largest absolute Gasteiger partial charge is 0.271 e. The molecule has 0 aliphatic heterocycles. The maximum absolute atomic E-state index is 11.1. The molecule has 0 aliphatic carbocycles. The summed E-state index contributed by atoms with van der Waals surface area (Å²) in [5, 5.41) is 8.19. The van der Waals surface area contributed by atoms with E-state index in [1.54, 1.807) is 0 Å². The Morgan fingerprint density at radius 2 is 2.11 bits per heavy atom. The molecule has 0 aromatic carbocycles. The van der Waals surface area contributed by atoms with E-state index in [1.165, 1.54) is 6.26 Å². The number of aryl methyl sites for hydroxylation is 2. The summed E-state index contributed by atoms with van der Waals surface area (Å²) in [6.07, 6.45) is 3.24. The van der Waals surface area contributed by atoms with Crippen molar-refractivity contribution in [3.05, 3.63) is 23.0 Å². The molecular weight excluding hydrogens is 264 g/mol. The number of sulfone groups is 1. The van der Waals surface area contributed by atoms with Crippen LogP contribution in [0.5, 0.6) is 0 Å². The average Bonchev–Trinajstić information content (AvgIpc) is 2.33. The van der Waals surface area contributed by atoms with E-state index in [0.29, 0.717) is 12.8 Å². The van der Waals surface area contributed by atoms with Gasteiger partial charge in [0.1, 0.15) is 9.84 Å². The van der Waals surface area contributed by atoms with Crippen LogP contribution in [0.3, 0.4) is 0 Å². The molecule has 0 amide bonds. The van der Waals surface area contributed by atoms with Gasteiger partial charge in [0.15, 0.2) is 0 Å². The van der Waals surface area contributed by atoms with Crippen molar-refractivity contribution < 1.29 is 8.42 Å². The highest BCUT2D eigenvalue weighted by molar-refractivity contribution is 7.90. The first-order chi connectivity index (χ1) is 8.87. The van der Waals surface area contributed by atoms with Crippen molar-refractivity contribution in [3.63, 3.8) is 0 Å². The van der Waals surface area contributed by atoms with Crippen molar-refractivity contribution >= 4 is 9.84 Å². The third kappa shape index (κ3) is 5.22. The van der Waals surface area contributed by atoms with Crippen LogP contribution in [-0.4, -0.2) is 30.6 Å². The molecule has 19 heavy (non-hydrogen) atoms. The molecule has 3 N–H and O–H groups in total. The van der Waals surface area contributed by atoms with Crippen LogP contribution < -0.4 is 11.3 Å². The summed E-state index contributed by atoms with van der Waals surface area (Å²) in [6.45, 7) is 3.88. The van der Waals surface area contributed by atoms with E-state index in [9.17, 15) is 8.42 Å². The molecule has 0 bridgehead atoms. The lowest BCUT2D eigenvalue weighted by atomic mass is 10.00. The molecule has 0 saturated carbocycles. The van der Waals surface area contributed by atoms with Gasteiger partial charge in [0.05, 0.1) is 11.4 Å². The molecule has 1 aromatic rings. The predicted octanol–water partition coefficient (Wildman–Crippen LogP) is 0.677. The molecule has 1 rings (SSSR count). The molecule has 0 saturated heterocycles. The highest BCUT2D eigenvalue weighted by Gasteiger charge is 2.16. The Balaban J connectivity index is 2.82. The fraction of sp³-hybridized carbons (Fsp3) is 0.667. The summed E-state index contributed by atoms with van der Waals surface area (Å²) >= 11 is 0. The lowest BCUT2D eigenvalue weighted by Gasteiger charge is -2.18. The van der Waals surface area contributed by atoms with Crippen molar-refractivity contribution in [2.75, 3.05) is 12.0 Å². The van der Waals surface area contributed by atoms with Crippen LogP contribution in [-0.2, 0) is 16.3 Å². The molecule has 0 aliphatic rings. The number of nitrogens with two attached hydrogens (primary N) is 1. The van der Waals surface area contributed by atoms with Crippen LogP contribution in [0.2, 0.25) is 0 Å². The Hall–Kier alpha value is -1.05. The maximum Gasteiger partial charge on any atom is 0.147 e. The first-order valence-corrected chi connectivity index (χ1v) is 8.40. The third-order valence-electron chi connectivity index (χ3n) is 2.95. The zero-order chi connectivity index (χ0) is 14.5. The Bertz CT molecular complexity index is 516. The molecule has 6 nitrogen and oxygen atoms in total. The van der Waals surface area contributed by atoms with Gasteiger partial charge in [-0.1, -0.05) is 6.92 Å². The highest BCUT2D eigenvalue weighted by atomic mass is 32.2. The molecule has 108 valence electrons. The van der Waals surface area contributed by atoms with E-state index >= 15 is 0 Å². The molecular formula is C12H22N4O2S. The lowest BCUT2D eigenvalue weighted by molar-refractivity contribution is 0.500. The number of rotatable bonds is 7. The highest BCUT2D eigenvalue weighted by Crippen LogP contribution is 2.21. The molecule has 1 unspecified atom stereocenters. The summed E-state index contributed by atoms with van der Waals surface area (Å²) in [7, 11) is -2.93. The molecule has 7 heteroatoms. The van der Waals surface area contributed by atoms with Crippen molar-refractivity contribution in [3.8, 4) is 0 Å². The Kier molecular flexibility index (Phi) is 5.84. The molecule has 1 heterocycles. The molecule has 0 radical (unpaired) electrons. The van der Waals surface area contributed by atoms with Crippen LogP contribution in [0.1, 0.15) is 42.8 Å². The van der Waals surface area contributed by atoms with Gasteiger partial charge in [0.2, 0.25) is 0 Å². The minimum atomic E-state index is -2.93. The summed E-state index contributed by atoms with van der Waals surface area (Å²) in [5.41, 5.74) is 5.47. The zero-order valence-corrected chi connectivity index (χ0v) is 12.5. The zero-order valence-electron chi connectivity index (χ0n) is 11.7. The van der Waals surface area contributed by atoms with Crippen molar-refractivity contribution in [2.24, 2.45) is 5.84 Å². The van der Waals surface area contributed by atoms with Crippen LogP contribution >= 0.6 is 0 Å². The number of nitrogens with one attached hydrogen (secondary N) is 1. The Morgan fingerprint density at radius 1 is 1.42 bits per heavy atom. The smallest absolute Gasteiger partial charge is 0.147 e. The van der Waals surface area contributed by atoms with Crippen LogP contribution in [0.15, 0.2) is 6.07 Å². The molecule has 0 spiro atoms. The van der Waals surface area contributed by atoms with Gasteiger partial charge < -0.3 is 0 Å². The van der Waals surface area contributed by atoms with Gasteiger partial charge >= 0.3 is 0 Å². The Labute approximate surface area is 114 Å². The SMILES string of the molecule is CCc1nnc(C)cc1C(CCCS(C)(=O)=O)NN. The molecule has 1 aromatic heterocycles. The minimum absolute atomic E-state index is 0.0918. The van der Waals surface area contributed by atoms with E-state index in [0.717, 1.165) is 23.4 Å². The third-order valence-corrected chi connectivity index (χ3v) is 3.98. The van der Waals surface area contributed by atoms with Crippen molar-refractivity contribution in [1.29, 1.82) is 0 Å². The summed E-state index contributed by atoms with van der Waals surface area (Å²) < 4.78 is 22.3. The summed E-state index contributed by atoms with van der Waals surface area (Å²) in [6, 6.07) is 1.86. The van der Waals surface area contributed by atoms with Crippen molar-refractivity contribution in [2.45, 2.75) is 39.2 Å². The monoisotopic (exact) mass is 286 g/mol. The lowest BCUT2D eigenvalue weighted by Crippen LogP contribution is -2.29. The first-order valence-electron chi connectivity index (χ1n) is 6.34. The fourth-order valence-corrected chi connectivity index (χ4v) is 2.68. The van der Waals surface area contributed by atoms with Crippen LogP contribution in [0.4, 0.5) is 0 Å². The average molecular weight is 286 g/mol. The van der Waals surface area contributed by atoms with Gasteiger partial charge in [-0.2, -0.15) is 10.2 Å². The number of hydrazine groups is 1. The fourth-order valence-electron chi connectivity index (χ4n) is 1.99. The van der Waals surface area contributed by atoms with Gasteiger partial charge in [-0.05, 0) is 37.8 Å². The van der Waals surface area contributed by atoms with E-state index in [2.05, 4.69) is 15.6 Å². The second-order valence-electron chi connectivity index (χ2n) is 4.73. The standard InChI is InChI=1S/C12H22N4O2S/c1-4-11-10(8-9(2)15-16-11)12(14-13)6-5-7-19(3,17)18/h8,12,14H,4-7,13H2,1-3H3. The Morgan fingerprint density at radius 3 is 2.63 bits per heavy atom. The van der Waals surface area contributed by atoms with Gasteiger partial charge in [0, 0.05) is 18.1 Å². The van der Waals surface area contributed by atoms with E-state index in [-0.39, 0.29) is 11.8 Å². The number of aromatic nitrogens is 2. The topological polar surface area (TPSA) is 98.0 Å². The number of nitrogens with zero attached hydrogens (tertiary/aromatic N) is 2. The van der Waals surface area contributed by atoms with Crippen LogP contribution in [0, 0.1) is 6.92 Å². The van der Waals surface area contributed by atoms with Crippen LogP contribution in [0.25, 0.3) is 0 Å². The van der Waals surface area contributed by atoms with Gasteiger partial charge in [-0.3, -0.25) is 11.3 Å². The predicted molar refractivity (Wildman–Crippen MR) is 75.2 cm³/mol. The maximum atomic E-state index is 11.1. The molecule has 0 fully saturated rings. The minimum Gasteiger partial charge on any atom is -0.271 e. The van der Waals surface area contributed by atoms with Gasteiger partial charge in [0.25, 0.3) is 0 Å². The quantitative estimate of drug-likeness (QED) is 0.565. The van der Waals surface area contributed by atoms with Gasteiger partial charge in [-0.15, -0.1) is 0 Å². The molecule has 1 atom stereocenters. The number of hydrogen-bond acceptors (Lipinski definition) is 6. The van der Waals surface area contributed by atoms with E-state index in [1.807, 2.05) is 19.9 Å². The normalized spacial score (nSPS) is 13.5.